The molecule has 0 aliphatic carbocycles. The average molecular weight is 643 g/mol. The van der Waals surface area contributed by atoms with E-state index in [2.05, 4.69) is 62.5 Å². The average Bonchev–Trinajstić information content (AvgIpc) is 3.04. The summed E-state index contributed by atoms with van der Waals surface area (Å²) in [5.41, 5.74) is 0. The number of aliphatic carboxylic acids is 1. The van der Waals surface area contributed by atoms with Gasteiger partial charge in [0.05, 0.1) is 0 Å². The number of allylic oxidation sites excluding steroid dienone is 8. The highest BCUT2D eigenvalue weighted by Crippen LogP contribution is 2.18. The molecule has 266 valence electrons. The van der Waals surface area contributed by atoms with Crippen LogP contribution >= 0.6 is 0 Å². The maximum atomic E-state index is 12.6. The van der Waals surface area contributed by atoms with Gasteiger partial charge in [0, 0.05) is 12.8 Å². The van der Waals surface area contributed by atoms with E-state index in [0.29, 0.717) is 6.42 Å². The zero-order valence-electron chi connectivity index (χ0n) is 30.4. The van der Waals surface area contributed by atoms with E-state index in [1.807, 2.05) is 0 Å². The van der Waals surface area contributed by atoms with Crippen LogP contribution in [0.4, 0.5) is 0 Å². The zero-order valence-corrected chi connectivity index (χ0v) is 30.4. The normalized spacial score (nSPS) is 12.7. The van der Waals surface area contributed by atoms with Crippen molar-refractivity contribution >= 4 is 11.9 Å². The molecule has 0 rings (SSSR count). The lowest BCUT2D eigenvalue weighted by Gasteiger charge is -2.18. The van der Waals surface area contributed by atoms with Crippen molar-refractivity contribution in [2.24, 2.45) is 0 Å². The Balaban J connectivity index is 4.06. The molecule has 1 unspecified atom stereocenters. The number of carbonyl (C=O) groups excluding carboxylic acids is 1. The minimum atomic E-state index is -0.697. The summed E-state index contributed by atoms with van der Waals surface area (Å²) in [6, 6.07) is 0. The standard InChI is InChI=1S/C42H74O4/c1-3-5-7-9-11-13-14-15-16-17-18-19-20-21-22-23-25-31-35-39-42(45)46-40(36-32-28-24-12-10-8-6-4-2)37-33-29-26-27-30-34-38-41(43)44/h11,13,15-16,18-19,21-22,40H,3-10,12,14,17,20,23-39H2,1-2H3,(H,43,44)/b13-11-,16-15-,19-18-,22-21-. The Morgan fingerprint density at radius 1 is 0.478 bits per heavy atom. The molecule has 0 fully saturated rings. The predicted octanol–water partition coefficient (Wildman–Crippen LogP) is 13.6. The zero-order chi connectivity index (χ0) is 33.6. The van der Waals surface area contributed by atoms with Gasteiger partial charge in [-0.15, -0.1) is 0 Å². The third-order valence-electron chi connectivity index (χ3n) is 8.55. The molecule has 0 spiro atoms. The number of unbranched alkanes of at least 4 members (excludes halogenated alkanes) is 18. The molecule has 0 aromatic heterocycles. The number of carbonyl (C=O) groups is 2. The minimum absolute atomic E-state index is 0.0176. The van der Waals surface area contributed by atoms with Crippen molar-refractivity contribution in [2.75, 3.05) is 0 Å². The summed E-state index contributed by atoms with van der Waals surface area (Å²) in [5, 5.41) is 8.77. The highest BCUT2D eigenvalue weighted by molar-refractivity contribution is 5.69. The van der Waals surface area contributed by atoms with Gasteiger partial charge < -0.3 is 9.84 Å². The van der Waals surface area contributed by atoms with Crippen molar-refractivity contribution in [2.45, 2.75) is 206 Å². The fourth-order valence-corrected chi connectivity index (χ4v) is 5.64. The van der Waals surface area contributed by atoms with Crippen LogP contribution in [0.25, 0.3) is 0 Å². The molecule has 46 heavy (non-hydrogen) atoms. The third-order valence-corrected chi connectivity index (χ3v) is 8.55. The maximum Gasteiger partial charge on any atom is 0.306 e. The van der Waals surface area contributed by atoms with E-state index in [0.717, 1.165) is 103 Å². The molecule has 0 aliphatic heterocycles. The molecule has 1 atom stereocenters. The van der Waals surface area contributed by atoms with E-state index < -0.39 is 5.97 Å². The Bertz CT molecular complexity index is 779. The van der Waals surface area contributed by atoms with Gasteiger partial charge in [0.2, 0.25) is 0 Å². The molecule has 4 nitrogen and oxygen atoms in total. The topological polar surface area (TPSA) is 63.6 Å². The lowest BCUT2D eigenvalue weighted by molar-refractivity contribution is -0.150. The van der Waals surface area contributed by atoms with Crippen LogP contribution in [0, 0.1) is 0 Å². The van der Waals surface area contributed by atoms with Gasteiger partial charge in [-0.05, 0) is 83.5 Å². The predicted molar refractivity (Wildman–Crippen MR) is 199 cm³/mol. The van der Waals surface area contributed by atoms with E-state index in [1.54, 1.807) is 0 Å². The van der Waals surface area contributed by atoms with Crippen molar-refractivity contribution in [3.8, 4) is 0 Å². The van der Waals surface area contributed by atoms with Crippen molar-refractivity contribution < 1.29 is 19.4 Å². The van der Waals surface area contributed by atoms with Gasteiger partial charge in [-0.3, -0.25) is 9.59 Å². The summed E-state index contributed by atoms with van der Waals surface area (Å²) >= 11 is 0. The van der Waals surface area contributed by atoms with Gasteiger partial charge in [0.15, 0.2) is 0 Å². The van der Waals surface area contributed by atoms with Gasteiger partial charge in [-0.2, -0.15) is 0 Å². The molecular formula is C42H74O4. The van der Waals surface area contributed by atoms with Crippen LogP contribution in [0.2, 0.25) is 0 Å². The number of esters is 1. The van der Waals surface area contributed by atoms with Gasteiger partial charge in [0.1, 0.15) is 6.10 Å². The van der Waals surface area contributed by atoms with Crippen LogP contribution < -0.4 is 0 Å². The summed E-state index contributed by atoms with van der Waals surface area (Å²) < 4.78 is 5.98. The molecule has 0 saturated carbocycles. The Morgan fingerprint density at radius 2 is 0.848 bits per heavy atom. The fourth-order valence-electron chi connectivity index (χ4n) is 5.64. The van der Waals surface area contributed by atoms with Crippen LogP contribution in [0.3, 0.4) is 0 Å². The van der Waals surface area contributed by atoms with Crippen LogP contribution in [0.5, 0.6) is 0 Å². The van der Waals surface area contributed by atoms with E-state index >= 15 is 0 Å². The SMILES string of the molecule is CCCCC/C=C\C/C=C\C/C=C\C/C=C\CCCCCC(=O)OC(CCCCCCCCCC)CCCCCCCCC(=O)O. The van der Waals surface area contributed by atoms with E-state index in [4.69, 9.17) is 9.84 Å². The molecule has 0 radical (unpaired) electrons. The smallest absolute Gasteiger partial charge is 0.306 e. The van der Waals surface area contributed by atoms with Gasteiger partial charge in [-0.1, -0.05) is 152 Å². The highest BCUT2D eigenvalue weighted by Gasteiger charge is 2.14. The Hall–Kier alpha value is -2.10. The van der Waals surface area contributed by atoms with E-state index in [-0.39, 0.29) is 18.5 Å². The molecule has 0 aromatic carbocycles. The van der Waals surface area contributed by atoms with Crippen molar-refractivity contribution in [3.63, 3.8) is 0 Å². The van der Waals surface area contributed by atoms with Crippen molar-refractivity contribution in [1.82, 2.24) is 0 Å². The minimum Gasteiger partial charge on any atom is -0.481 e. The summed E-state index contributed by atoms with van der Waals surface area (Å²) in [6.07, 6.45) is 49.8. The van der Waals surface area contributed by atoms with Crippen molar-refractivity contribution in [1.29, 1.82) is 0 Å². The quantitative estimate of drug-likeness (QED) is 0.0424. The molecule has 0 heterocycles. The number of carboxylic acids is 1. The third kappa shape index (κ3) is 36.4. The summed E-state index contributed by atoms with van der Waals surface area (Å²) in [7, 11) is 0. The van der Waals surface area contributed by atoms with Crippen LogP contribution in [-0.4, -0.2) is 23.1 Å². The largest absolute Gasteiger partial charge is 0.481 e. The first-order chi connectivity index (χ1) is 22.6. The fraction of sp³-hybridized carbons (Fsp3) is 0.762. The number of hydrogen-bond acceptors (Lipinski definition) is 3. The van der Waals surface area contributed by atoms with E-state index in [1.165, 1.54) is 70.6 Å². The molecular weight excluding hydrogens is 568 g/mol. The maximum absolute atomic E-state index is 12.6. The van der Waals surface area contributed by atoms with Gasteiger partial charge in [0.25, 0.3) is 0 Å². The lowest BCUT2D eigenvalue weighted by Crippen LogP contribution is -2.18. The Morgan fingerprint density at radius 3 is 1.35 bits per heavy atom. The highest BCUT2D eigenvalue weighted by atomic mass is 16.5. The Labute approximate surface area is 285 Å². The summed E-state index contributed by atoms with van der Waals surface area (Å²) in [6.45, 7) is 4.51. The first kappa shape index (κ1) is 43.9. The molecule has 4 heteroatoms. The second-order valence-electron chi connectivity index (χ2n) is 13.1. The lowest BCUT2D eigenvalue weighted by atomic mass is 10.0. The summed E-state index contributed by atoms with van der Waals surface area (Å²) in [4.78, 5) is 23.3. The van der Waals surface area contributed by atoms with Crippen molar-refractivity contribution in [3.05, 3.63) is 48.6 Å². The first-order valence-electron chi connectivity index (χ1n) is 19.6. The monoisotopic (exact) mass is 643 g/mol. The molecule has 0 bridgehead atoms. The summed E-state index contributed by atoms with van der Waals surface area (Å²) in [5.74, 6) is -0.715. The van der Waals surface area contributed by atoms with Gasteiger partial charge in [-0.25, -0.2) is 0 Å². The molecule has 1 N–H and O–H groups in total. The van der Waals surface area contributed by atoms with E-state index in [9.17, 15) is 9.59 Å². The Kier molecular flexibility index (Phi) is 35.7. The number of ether oxygens (including phenoxy) is 1. The van der Waals surface area contributed by atoms with Gasteiger partial charge >= 0.3 is 11.9 Å². The van der Waals surface area contributed by atoms with Crippen LogP contribution in [0.15, 0.2) is 48.6 Å². The number of rotatable bonds is 35. The van der Waals surface area contributed by atoms with Crippen LogP contribution in [0.1, 0.15) is 200 Å². The molecule has 0 amide bonds. The molecule has 0 saturated heterocycles. The second kappa shape index (κ2) is 37.4. The first-order valence-corrected chi connectivity index (χ1v) is 19.6. The van der Waals surface area contributed by atoms with Crippen LogP contribution in [-0.2, 0) is 14.3 Å². The number of hydrogen-bond donors (Lipinski definition) is 1. The molecule has 0 aliphatic rings. The second-order valence-corrected chi connectivity index (χ2v) is 13.1. The molecule has 0 aromatic rings. The number of carboxylic acid groups (broad SMARTS) is 1.